The zero-order chi connectivity index (χ0) is 32.0. The lowest BCUT2D eigenvalue weighted by molar-refractivity contribution is -0.879. The third-order valence-electron chi connectivity index (χ3n) is 7.08. The summed E-state index contributed by atoms with van der Waals surface area (Å²) in [6.07, 6.45) is 2.55. The first kappa shape index (κ1) is 34.6. The van der Waals surface area contributed by atoms with Gasteiger partial charge in [-0.15, -0.1) is 0 Å². The third kappa shape index (κ3) is 10.7. The number of hydrogen-bond donors (Lipinski definition) is 8. The topological polar surface area (TPSA) is 213 Å². The molecule has 3 rings (SSSR count). The van der Waals surface area contributed by atoms with Crippen LogP contribution in [0.5, 0.6) is 0 Å². The van der Waals surface area contributed by atoms with Crippen LogP contribution in [-0.2, 0) is 4.79 Å². The molecule has 0 fully saturated rings. The molecule has 2 aromatic rings. The number of rotatable bonds is 19. The molecule has 0 aliphatic heterocycles. The van der Waals surface area contributed by atoms with Gasteiger partial charge in [-0.1, -0.05) is 0 Å². The van der Waals surface area contributed by atoms with Gasteiger partial charge < -0.3 is 61.2 Å². The van der Waals surface area contributed by atoms with Crippen LogP contribution in [0.1, 0.15) is 0 Å². The molecule has 0 amide bonds. The van der Waals surface area contributed by atoms with Crippen LogP contribution in [0.3, 0.4) is 0 Å². The van der Waals surface area contributed by atoms with Crippen LogP contribution < -0.4 is 16.0 Å². The van der Waals surface area contributed by atoms with E-state index in [4.69, 9.17) is 20.4 Å². The molecule has 0 radical (unpaired) electrons. The number of benzene rings is 2. The summed E-state index contributed by atoms with van der Waals surface area (Å²) in [4.78, 5) is 17.0. The molecular formula is C30H42N6O8. The van der Waals surface area contributed by atoms with Gasteiger partial charge in [0.25, 0.3) is 0 Å². The monoisotopic (exact) mass is 614 g/mol. The van der Waals surface area contributed by atoms with Crippen LogP contribution in [-0.4, -0.2) is 125 Å². The van der Waals surface area contributed by atoms with Crippen molar-refractivity contribution in [3.63, 3.8) is 0 Å². The van der Waals surface area contributed by atoms with Crippen molar-refractivity contribution < 1.29 is 39.6 Å². The molecule has 240 valence electrons. The fraction of sp³-hybridized carbons (Fsp3) is 0.400. The van der Waals surface area contributed by atoms with Gasteiger partial charge in [-0.2, -0.15) is 0 Å². The number of nitrogens with one attached hydrogen (secondary N) is 3. The molecule has 2 aromatic carbocycles. The standard InChI is InChI=1S/C30H42N6O8/c37-17-13-35(43,14-18-38)11-9-31-23-1-5-25(6-2-23)33-27-21-28(30(42)22-29(27)41)34-26-7-3-24(4-8-26)32-10-12-36(44,15-19-39)16-20-40/h1-8,21-22,31-33,37-41H,9-20H2. The van der Waals surface area contributed by atoms with Crippen molar-refractivity contribution in [3.8, 4) is 0 Å². The molecule has 44 heavy (non-hydrogen) atoms. The number of allylic oxidation sites excluding steroid dienone is 2. The summed E-state index contributed by atoms with van der Waals surface area (Å²) >= 11 is 0. The van der Waals surface area contributed by atoms with Crippen molar-refractivity contribution in [2.24, 2.45) is 4.99 Å². The number of ketones is 1. The van der Waals surface area contributed by atoms with E-state index < -0.39 is 15.1 Å². The Balaban J connectivity index is 1.59. The van der Waals surface area contributed by atoms with Gasteiger partial charge in [0.2, 0.25) is 5.78 Å². The Bertz CT molecular complexity index is 1290. The molecule has 0 saturated carbocycles. The van der Waals surface area contributed by atoms with Crippen molar-refractivity contribution in [1.82, 2.24) is 0 Å². The van der Waals surface area contributed by atoms with Crippen molar-refractivity contribution in [2.45, 2.75) is 0 Å². The maximum atomic E-state index is 12.6. The summed E-state index contributed by atoms with van der Waals surface area (Å²) in [5.74, 6) is -0.689. The first-order chi connectivity index (χ1) is 21.1. The van der Waals surface area contributed by atoms with Gasteiger partial charge in [0, 0.05) is 23.1 Å². The summed E-state index contributed by atoms with van der Waals surface area (Å²) in [6, 6.07) is 14.0. The van der Waals surface area contributed by atoms with E-state index in [1.807, 2.05) is 0 Å². The molecule has 0 spiro atoms. The summed E-state index contributed by atoms with van der Waals surface area (Å²) in [5, 5.41) is 81.3. The Hall–Kier alpha value is -3.86. The zero-order valence-corrected chi connectivity index (χ0v) is 24.6. The summed E-state index contributed by atoms with van der Waals surface area (Å²) in [6.45, 7) is 0.0420. The first-order valence-electron chi connectivity index (χ1n) is 14.4. The molecule has 0 atom stereocenters. The highest BCUT2D eigenvalue weighted by Crippen LogP contribution is 2.22. The van der Waals surface area contributed by atoms with Crippen molar-refractivity contribution in [2.75, 3.05) is 94.7 Å². The largest absolute Gasteiger partial charge is 0.633 e. The lowest BCUT2D eigenvalue weighted by Gasteiger charge is -2.42. The molecule has 14 heteroatoms. The molecule has 1 aliphatic carbocycles. The number of hydroxylamine groups is 6. The fourth-order valence-corrected chi connectivity index (χ4v) is 4.57. The molecule has 0 aromatic heterocycles. The maximum absolute atomic E-state index is 12.6. The lowest BCUT2D eigenvalue weighted by atomic mass is 10.1. The minimum absolute atomic E-state index is 0.00653. The highest BCUT2D eigenvalue weighted by Gasteiger charge is 2.19. The smallest absolute Gasteiger partial charge is 0.208 e. The molecule has 0 heterocycles. The van der Waals surface area contributed by atoms with E-state index in [9.17, 15) is 20.3 Å². The number of aliphatic imine (C=N–C) groups is 1. The predicted octanol–water partition coefficient (Wildman–Crippen LogP) is 1.20. The number of carbonyl (C=O) groups excluding carboxylic acids is 1. The highest BCUT2D eigenvalue weighted by molar-refractivity contribution is 6.49. The van der Waals surface area contributed by atoms with Gasteiger partial charge in [0.1, 0.15) is 37.6 Å². The van der Waals surface area contributed by atoms with Gasteiger partial charge in [0.05, 0.1) is 64.0 Å². The fourth-order valence-electron chi connectivity index (χ4n) is 4.57. The van der Waals surface area contributed by atoms with E-state index in [0.717, 1.165) is 17.5 Å². The third-order valence-corrected chi connectivity index (χ3v) is 7.08. The Kier molecular flexibility index (Phi) is 13.3. The second-order valence-corrected chi connectivity index (χ2v) is 10.4. The maximum Gasteiger partial charge on any atom is 0.208 e. The molecule has 0 unspecified atom stereocenters. The number of quaternary nitrogens is 2. The van der Waals surface area contributed by atoms with E-state index in [-0.39, 0.29) is 82.9 Å². The Morgan fingerprint density at radius 2 is 1.07 bits per heavy atom. The second kappa shape index (κ2) is 16.8. The van der Waals surface area contributed by atoms with Crippen LogP contribution in [0.2, 0.25) is 0 Å². The van der Waals surface area contributed by atoms with Gasteiger partial charge in [-0.25, -0.2) is 4.99 Å². The van der Waals surface area contributed by atoms with Crippen LogP contribution in [0.4, 0.5) is 22.7 Å². The lowest BCUT2D eigenvalue weighted by Crippen LogP contribution is -2.49. The average molecular weight is 615 g/mol. The van der Waals surface area contributed by atoms with Gasteiger partial charge in [0.15, 0.2) is 0 Å². The Morgan fingerprint density at radius 1 is 0.636 bits per heavy atom. The number of carbonyl (C=O) groups is 1. The Labute approximate surface area is 256 Å². The number of anilines is 3. The van der Waals surface area contributed by atoms with E-state index in [0.29, 0.717) is 24.5 Å². The molecule has 0 saturated heterocycles. The van der Waals surface area contributed by atoms with Gasteiger partial charge in [-0.05, 0) is 54.6 Å². The molecule has 14 nitrogen and oxygen atoms in total. The SMILES string of the molecule is O=C1C=C(O)C(Nc2ccc(NCC[N+]([O-])(CCO)CCO)cc2)=CC1=Nc1ccc(NCC[N+]([O-])(CCO)CCO)cc1. The highest BCUT2D eigenvalue weighted by atomic mass is 16.6. The second-order valence-electron chi connectivity index (χ2n) is 10.4. The quantitative estimate of drug-likeness (QED) is 0.0640. The van der Waals surface area contributed by atoms with Crippen LogP contribution in [0, 0.1) is 10.4 Å². The van der Waals surface area contributed by atoms with E-state index in [2.05, 4.69) is 20.9 Å². The molecule has 1 aliphatic rings. The van der Waals surface area contributed by atoms with Crippen LogP contribution in [0.15, 0.2) is 77.1 Å². The van der Waals surface area contributed by atoms with E-state index in [1.54, 1.807) is 48.5 Å². The number of hydrogen-bond acceptors (Lipinski definition) is 12. The number of nitrogens with zero attached hydrogens (tertiary/aromatic N) is 3. The molecule has 8 N–H and O–H groups in total. The van der Waals surface area contributed by atoms with E-state index >= 15 is 0 Å². The van der Waals surface area contributed by atoms with Gasteiger partial charge >= 0.3 is 0 Å². The normalized spacial score (nSPS) is 14.8. The van der Waals surface area contributed by atoms with Crippen molar-refractivity contribution in [3.05, 3.63) is 82.6 Å². The van der Waals surface area contributed by atoms with Crippen molar-refractivity contribution >= 4 is 34.2 Å². The van der Waals surface area contributed by atoms with Gasteiger partial charge in [-0.3, -0.25) is 4.79 Å². The number of aliphatic hydroxyl groups excluding tert-OH is 5. The van der Waals surface area contributed by atoms with Crippen molar-refractivity contribution in [1.29, 1.82) is 0 Å². The summed E-state index contributed by atoms with van der Waals surface area (Å²) in [5.41, 5.74) is 3.04. The molecular weight excluding hydrogens is 572 g/mol. The first-order valence-corrected chi connectivity index (χ1v) is 14.4. The predicted molar refractivity (Wildman–Crippen MR) is 169 cm³/mol. The Morgan fingerprint density at radius 3 is 1.52 bits per heavy atom. The summed E-state index contributed by atoms with van der Waals surface area (Å²) in [7, 11) is 0. The minimum atomic E-state index is -0.696. The molecule has 0 bridgehead atoms. The van der Waals surface area contributed by atoms with E-state index in [1.165, 1.54) is 6.08 Å². The minimum Gasteiger partial charge on any atom is -0.633 e. The zero-order valence-electron chi connectivity index (χ0n) is 24.6. The number of aliphatic hydroxyl groups is 5. The van der Waals surface area contributed by atoms with Crippen LogP contribution in [0.25, 0.3) is 0 Å². The average Bonchev–Trinajstić information content (AvgIpc) is 2.98. The van der Waals surface area contributed by atoms with Crippen LogP contribution >= 0.6 is 0 Å². The summed E-state index contributed by atoms with van der Waals surface area (Å²) < 4.78 is -1.39.